The number of fused-ring (bicyclic) bond motifs is 1. The van der Waals surface area contributed by atoms with Crippen molar-refractivity contribution in [2.24, 2.45) is 11.3 Å². The summed E-state index contributed by atoms with van der Waals surface area (Å²) in [6, 6.07) is 3.80. The quantitative estimate of drug-likeness (QED) is 0.848. The minimum Gasteiger partial charge on any atom is -0.481 e. The molecule has 146 valence electrons. The number of carbonyl (C=O) groups is 2. The van der Waals surface area contributed by atoms with Gasteiger partial charge in [0, 0.05) is 38.9 Å². The number of urea groups is 1. The summed E-state index contributed by atoms with van der Waals surface area (Å²) >= 11 is 0. The van der Waals surface area contributed by atoms with Gasteiger partial charge in [-0.1, -0.05) is 6.42 Å². The van der Waals surface area contributed by atoms with E-state index in [0.29, 0.717) is 26.1 Å². The van der Waals surface area contributed by atoms with Crippen LogP contribution in [0.4, 0.5) is 10.6 Å². The molecule has 0 radical (unpaired) electrons. The molecule has 1 aromatic heterocycles. The minimum atomic E-state index is -0.749. The largest absolute Gasteiger partial charge is 0.481 e. The molecule has 4 rings (SSSR count). The van der Waals surface area contributed by atoms with E-state index in [1.165, 1.54) is 19.3 Å². The Morgan fingerprint density at radius 1 is 1.26 bits per heavy atom. The van der Waals surface area contributed by atoms with E-state index in [0.717, 1.165) is 37.3 Å². The fourth-order valence-electron chi connectivity index (χ4n) is 4.95. The van der Waals surface area contributed by atoms with E-state index < -0.39 is 11.4 Å². The van der Waals surface area contributed by atoms with Crippen molar-refractivity contribution >= 4 is 17.8 Å². The second kappa shape index (κ2) is 7.37. The van der Waals surface area contributed by atoms with E-state index >= 15 is 0 Å². The number of nitrogens with zero attached hydrogens (tertiary/aromatic N) is 3. The van der Waals surface area contributed by atoms with Gasteiger partial charge in [0.1, 0.15) is 5.82 Å². The second-order valence-corrected chi connectivity index (χ2v) is 8.16. The van der Waals surface area contributed by atoms with Gasteiger partial charge in [-0.3, -0.25) is 4.79 Å². The van der Waals surface area contributed by atoms with Crippen molar-refractivity contribution in [3.8, 4) is 0 Å². The first kappa shape index (κ1) is 18.1. The molecule has 2 atom stereocenters. The Kier molecular flexibility index (Phi) is 4.93. The maximum absolute atomic E-state index is 12.6. The van der Waals surface area contributed by atoms with Gasteiger partial charge in [-0.2, -0.15) is 0 Å². The zero-order valence-corrected chi connectivity index (χ0v) is 15.7. The van der Waals surface area contributed by atoms with E-state index in [9.17, 15) is 14.7 Å². The summed E-state index contributed by atoms with van der Waals surface area (Å²) < 4.78 is 0. The summed E-state index contributed by atoms with van der Waals surface area (Å²) in [6.07, 6.45) is 8.00. The lowest BCUT2D eigenvalue weighted by atomic mass is 9.81. The highest BCUT2D eigenvalue weighted by Gasteiger charge is 2.55. The Morgan fingerprint density at radius 2 is 2.07 bits per heavy atom. The molecule has 2 saturated heterocycles. The van der Waals surface area contributed by atoms with Crippen molar-refractivity contribution in [3.05, 3.63) is 23.9 Å². The molecule has 1 saturated carbocycles. The summed E-state index contributed by atoms with van der Waals surface area (Å²) in [7, 11) is 0. The van der Waals surface area contributed by atoms with Crippen LogP contribution in [0.15, 0.2) is 18.3 Å². The Bertz CT molecular complexity index is 719. The molecule has 0 spiro atoms. The van der Waals surface area contributed by atoms with Gasteiger partial charge in [-0.05, 0) is 55.7 Å². The van der Waals surface area contributed by atoms with Crippen LogP contribution in [0, 0.1) is 11.3 Å². The topological polar surface area (TPSA) is 85.8 Å². The molecule has 0 unspecified atom stereocenters. The third-order valence-electron chi connectivity index (χ3n) is 6.52. The van der Waals surface area contributed by atoms with Gasteiger partial charge in [0.2, 0.25) is 0 Å². The van der Waals surface area contributed by atoms with Crippen LogP contribution in [-0.4, -0.2) is 53.2 Å². The van der Waals surface area contributed by atoms with Crippen LogP contribution in [0.3, 0.4) is 0 Å². The Morgan fingerprint density at radius 3 is 2.81 bits per heavy atom. The first-order valence-corrected chi connectivity index (χ1v) is 10.0. The van der Waals surface area contributed by atoms with Gasteiger partial charge in [0.05, 0.1) is 5.41 Å². The molecule has 0 aromatic carbocycles. The molecular weight excluding hydrogens is 344 g/mol. The summed E-state index contributed by atoms with van der Waals surface area (Å²) in [5.74, 6) is 0.315. The van der Waals surface area contributed by atoms with E-state index in [-0.39, 0.29) is 11.9 Å². The molecule has 7 nitrogen and oxygen atoms in total. The Hall–Kier alpha value is -2.31. The number of nitrogens with one attached hydrogen (secondary N) is 1. The number of pyridine rings is 1. The number of rotatable bonds is 4. The van der Waals surface area contributed by atoms with Gasteiger partial charge in [0.25, 0.3) is 0 Å². The normalized spacial score (nSPS) is 27.5. The SMILES string of the molecule is O=C(NCc1ccnc(N2CCCCC2)c1)N1C[C@@H]2CCC[C@@]2(C(=O)O)C1. The molecule has 2 aliphatic heterocycles. The minimum absolute atomic E-state index is 0.0902. The third-order valence-corrected chi connectivity index (χ3v) is 6.52. The van der Waals surface area contributed by atoms with Crippen LogP contribution >= 0.6 is 0 Å². The van der Waals surface area contributed by atoms with Gasteiger partial charge in [0.15, 0.2) is 0 Å². The molecule has 27 heavy (non-hydrogen) atoms. The predicted octanol–water partition coefficient (Wildman–Crippen LogP) is 2.47. The van der Waals surface area contributed by atoms with Gasteiger partial charge in [-0.15, -0.1) is 0 Å². The predicted molar refractivity (Wildman–Crippen MR) is 102 cm³/mol. The molecule has 7 heteroatoms. The van der Waals surface area contributed by atoms with Crippen molar-refractivity contribution < 1.29 is 14.7 Å². The fraction of sp³-hybridized carbons (Fsp3) is 0.650. The molecule has 1 aliphatic carbocycles. The highest BCUT2D eigenvalue weighted by Crippen LogP contribution is 2.48. The van der Waals surface area contributed by atoms with Gasteiger partial charge in [-0.25, -0.2) is 9.78 Å². The van der Waals surface area contributed by atoms with Crippen LogP contribution < -0.4 is 10.2 Å². The van der Waals surface area contributed by atoms with E-state index in [1.807, 2.05) is 12.1 Å². The molecule has 3 aliphatic rings. The smallest absolute Gasteiger partial charge is 0.317 e. The number of hydrogen-bond acceptors (Lipinski definition) is 4. The number of aromatic nitrogens is 1. The van der Waals surface area contributed by atoms with Crippen molar-refractivity contribution in [1.29, 1.82) is 0 Å². The Labute approximate surface area is 159 Å². The van der Waals surface area contributed by atoms with Gasteiger partial charge < -0.3 is 20.2 Å². The van der Waals surface area contributed by atoms with Crippen molar-refractivity contribution in [1.82, 2.24) is 15.2 Å². The van der Waals surface area contributed by atoms with Crippen molar-refractivity contribution in [2.45, 2.75) is 45.1 Å². The summed E-state index contributed by atoms with van der Waals surface area (Å²) in [5.41, 5.74) is 0.293. The number of hydrogen-bond donors (Lipinski definition) is 2. The van der Waals surface area contributed by atoms with Crippen LogP contribution in [-0.2, 0) is 11.3 Å². The molecule has 3 fully saturated rings. The lowest BCUT2D eigenvalue weighted by molar-refractivity contribution is -0.149. The number of carboxylic acid groups (broad SMARTS) is 1. The van der Waals surface area contributed by atoms with Crippen LogP contribution in [0.2, 0.25) is 0 Å². The average molecular weight is 372 g/mol. The zero-order chi connectivity index (χ0) is 18.9. The standard InChI is InChI=1S/C20H28N4O3/c25-18(26)20-7-4-5-16(20)13-24(14-20)19(27)22-12-15-6-8-21-17(11-15)23-9-2-1-3-10-23/h6,8,11,16H,1-5,7,9-10,12-14H2,(H,22,27)(H,25,26)/t16-,20+/m0/s1. The molecule has 2 N–H and O–H groups in total. The van der Waals surface area contributed by atoms with Crippen molar-refractivity contribution in [2.75, 3.05) is 31.1 Å². The average Bonchev–Trinajstić information content (AvgIpc) is 3.26. The lowest BCUT2D eigenvalue weighted by Crippen LogP contribution is -2.41. The number of aliphatic carboxylic acids is 1. The number of amides is 2. The number of piperidine rings is 1. The summed E-state index contributed by atoms with van der Waals surface area (Å²) in [6.45, 7) is 3.38. The number of anilines is 1. The maximum Gasteiger partial charge on any atom is 0.317 e. The summed E-state index contributed by atoms with van der Waals surface area (Å²) in [4.78, 5) is 32.8. The highest BCUT2D eigenvalue weighted by atomic mass is 16.4. The number of carboxylic acids is 1. The first-order valence-electron chi connectivity index (χ1n) is 10.0. The van der Waals surface area contributed by atoms with E-state index in [4.69, 9.17) is 0 Å². The number of carbonyl (C=O) groups excluding carboxylic acids is 1. The molecule has 0 bridgehead atoms. The summed E-state index contributed by atoms with van der Waals surface area (Å²) in [5, 5.41) is 12.6. The Balaban J connectivity index is 1.35. The van der Waals surface area contributed by atoms with E-state index in [1.54, 1.807) is 11.1 Å². The lowest BCUT2D eigenvalue weighted by Gasteiger charge is -2.28. The monoisotopic (exact) mass is 372 g/mol. The van der Waals surface area contributed by atoms with Gasteiger partial charge >= 0.3 is 12.0 Å². The van der Waals surface area contributed by atoms with Crippen LogP contribution in [0.5, 0.6) is 0 Å². The first-order chi connectivity index (χ1) is 13.1. The maximum atomic E-state index is 12.6. The third kappa shape index (κ3) is 3.47. The second-order valence-electron chi connectivity index (χ2n) is 8.16. The highest BCUT2D eigenvalue weighted by molar-refractivity contribution is 5.80. The van der Waals surface area contributed by atoms with E-state index in [2.05, 4.69) is 15.2 Å². The van der Waals surface area contributed by atoms with Crippen LogP contribution in [0.25, 0.3) is 0 Å². The molecule has 2 amide bonds. The number of likely N-dealkylation sites (tertiary alicyclic amines) is 1. The molecular formula is C20H28N4O3. The molecule has 3 heterocycles. The van der Waals surface area contributed by atoms with Crippen molar-refractivity contribution in [3.63, 3.8) is 0 Å². The fourth-order valence-corrected chi connectivity index (χ4v) is 4.95. The molecule has 1 aromatic rings. The zero-order valence-electron chi connectivity index (χ0n) is 15.7. The van der Waals surface area contributed by atoms with Crippen LogP contribution in [0.1, 0.15) is 44.1 Å².